The molecule has 0 saturated heterocycles. The predicted molar refractivity (Wildman–Crippen MR) is 28.7 cm³/mol. The molecule has 0 aromatic rings. The third-order valence-corrected chi connectivity index (χ3v) is 0.189. The van der Waals surface area contributed by atoms with Crippen LogP contribution >= 0.6 is 0 Å². The van der Waals surface area contributed by atoms with Crippen LogP contribution in [0.5, 0.6) is 0 Å². The zero-order valence-corrected chi connectivity index (χ0v) is 5.26. The molecule has 0 atom stereocenters. The number of carbonyl (C=O) groups excluding carboxylic acids is 1. The van der Waals surface area contributed by atoms with Gasteiger partial charge in [-0.05, 0) is 0 Å². The van der Waals surface area contributed by atoms with Crippen LogP contribution in [0.3, 0.4) is 0 Å². The molecule has 3 heteroatoms. The van der Waals surface area contributed by atoms with E-state index in [1.807, 2.05) is 13.8 Å². The number of nitrogens with zero attached hydrogens (tertiary/aromatic N) is 1. The van der Waals surface area contributed by atoms with Crippen LogP contribution in [0.4, 0.5) is 0 Å². The number of nitriles is 1. The van der Waals surface area contributed by atoms with Gasteiger partial charge in [-0.25, -0.2) is 0 Å². The van der Waals surface area contributed by atoms with Crippen molar-refractivity contribution in [2.45, 2.75) is 20.8 Å². The molecule has 0 spiro atoms. The van der Waals surface area contributed by atoms with Crippen molar-refractivity contribution in [3.8, 4) is 6.26 Å². The topological polar surface area (TPSA) is 50.1 Å². The first-order chi connectivity index (χ1) is 3.77. The maximum Gasteiger partial charge on any atom is 0.318 e. The molecule has 0 fully saturated rings. The summed E-state index contributed by atoms with van der Waals surface area (Å²) < 4.78 is 3.71. The van der Waals surface area contributed by atoms with Gasteiger partial charge in [0.25, 0.3) is 6.26 Å². The highest BCUT2D eigenvalue weighted by Crippen LogP contribution is 1.65. The number of hydrogen-bond donors (Lipinski definition) is 0. The maximum absolute atomic E-state index is 9.60. The van der Waals surface area contributed by atoms with Gasteiger partial charge >= 0.3 is 5.97 Å². The Hall–Kier alpha value is -1.04. The van der Waals surface area contributed by atoms with E-state index in [0.717, 1.165) is 0 Å². The van der Waals surface area contributed by atoms with E-state index in [9.17, 15) is 4.79 Å². The lowest BCUT2D eigenvalue weighted by molar-refractivity contribution is -0.134. The van der Waals surface area contributed by atoms with E-state index in [1.165, 1.54) is 13.2 Å². The van der Waals surface area contributed by atoms with Crippen molar-refractivity contribution in [3.05, 3.63) is 0 Å². The second-order valence-corrected chi connectivity index (χ2v) is 0.685. The molecule has 0 unspecified atom stereocenters. The third-order valence-electron chi connectivity index (χ3n) is 0.189. The van der Waals surface area contributed by atoms with E-state index in [4.69, 9.17) is 5.26 Å². The number of ether oxygens (including phenoxy) is 1. The standard InChI is InChI=1S/C3H3NO2.C2H6/c1-3(5)6-2-4;1-2/h1H3;1-2H3. The summed E-state index contributed by atoms with van der Waals surface area (Å²) in [5.74, 6) is -0.572. The zero-order valence-electron chi connectivity index (χ0n) is 5.26. The highest BCUT2D eigenvalue weighted by molar-refractivity contribution is 5.66. The molecule has 46 valence electrons. The Kier molecular flexibility index (Phi) is 11.7. The fourth-order valence-electron chi connectivity index (χ4n) is 0.0643. The Bertz CT molecular complexity index is 93.1. The Morgan fingerprint density at radius 3 is 2.00 bits per heavy atom. The van der Waals surface area contributed by atoms with Crippen LogP contribution in [0.1, 0.15) is 20.8 Å². The molecular weight excluding hydrogens is 106 g/mol. The van der Waals surface area contributed by atoms with Gasteiger partial charge in [-0.1, -0.05) is 13.8 Å². The van der Waals surface area contributed by atoms with Crippen molar-refractivity contribution >= 4 is 5.97 Å². The van der Waals surface area contributed by atoms with E-state index in [0.29, 0.717) is 0 Å². The van der Waals surface area contributed by atoms with Gasteiger partial charge in [0.2, 0.25) is 0 Å². The Labute approximate surface area is 48.9 Å². The molecule has 0 aliphatic carbocycles. The van der Waals surface area contributed by atoms with Crippen LogP contribution < -0.4 is 0 Å². The lowest BCUT2D eigenvalue weighted by atomic mass is 10.8. The summed E-state index contributed by atoms with van der Waals surface area (Å²) in [6.07, 6.45) is 1.22. The summed E-state index contributed by atoms with van der Waals surface area (Å²) >= 11 is 0. The Morgan fingerprint density at radius 2 is 2.00 bits per heavy atom. The fraction of sp³-hybridized carbons (Fsp3) is 0.600. The minimum absolute atomic E-state index is 0.572. The first-order valence-electron chi connectivity index (χ1n) is 2.34. The van der Waals surface area contributed by atoms with Crippen LogP contribution in [0.2, 0.25) is 0 Å². The number of esters is 1. The van der Waals surface area contributed by atoms with Gasteiger partial charge in [-0.2, -0.15) is 0 Å². The lowest BCUT2D eigenvalue weighted by Gasteiger charge is -1.75. The molecule has 8 heavy (non-hydrogen) atoms. The van der Waals surface area contributed by atoms with Gasteiger partial charge in [-0.3, -0.25) is 4.79 Å². The van der Waals surface area contributed by atoms with E-state index in [2.05, 4.69) is 4.74 Å². The maximum atomic E-state index is 9.60. The van der Waals surface area contributed by atoms with Gasteiger partial charge in [0.1, 0.15) is 0 Å². The molecule has 0 aliphatic rings. The highest BCUT2D eigenvalue weighted by atomic mass is 16.5. The largest absolute Gasteiger partial charge is 0.351 e. The molecule has 0 heterocycles. The summed E-state index contributed by atoms with van der Waals surface area (Å²) in [6.45, 7) is 5.17. The van der Waals surface area contributed by atoms with E-state index in [1.54, 1.807) is 0 Å². The first-order valence-corrected chi connectivity index (χ1v) is 2.34. The predicted octanol–water partition coefficient (Wildman–Crippen LogP) is 1.06. The van der Waals surface area contributed by atoms with Gasteiger partial charge in [0.05, 0.1) is 0 Å². The molecular formula is C5H9NO2. The van der Waals surface area contributed by atoms with Crippen molar-refractivity contribution in [2.24, 2.45) is 0 Å². The van der Waals surface area contributed by atoms with Crippen molar-refractivity contribution in [1.82, 2.24) is 0 Å². The van der Waals surface area contributed by atoms with Crippen LogP contribution in [0.15, 0.2) is 0 Å². The zero-order chi connectivity index (χ0) is 6.99. The molecule has 0 saturated carbocycles. The highest BCUT2D eigenvalue weighted by Gasteiger charge is 1.82. The number of carbonyl (C=O) groups is 1. The molecule has 0 aromatic carbocycles. The quantitative estimate of drug-likeness (QED) is 0.350. The smallest absolute Gasteiger partial charge is 0.318 e. The molecule has 3 nitrogen and oxygen atoms in total. The van der Waals surface area contributed by atoms with E-state index < -0.39 is 5.97 Å². The summed E-state index contributed by atoms with van der Waals surface area (Å²) in [5, 5.41) is 7.54. The molecule has 0 amide bonds. The Balaban J connectivity index is 0. The first kappa shape index (κ1) is 10.0. The van der Waals surface area contributed by atoms with Crippen molar-refractivity contribution in [2.75, 3.05) is 0 Å². The van der Waals surface area contributed by atoms with Crippen LogP contribution in [-0.2, 0) is 9.53 Å². The van der Waals surface area contributed by atoms with Gasteiger partial charge in [0, 0.05) is 6.92 Å². The summed E-state index contributed by atoms with van der Waals surface area (Å²) in [4.78, 5) is 9.60. The van der Waals surface area contributed by atoms with Crippen LogP contribution in [0.25, 0.3) is 0 Å². The minimum atomic E-state index is -0.572. The molecule has 0 aromatic heterocycles. The minimum Gasteiger partial charge on any atom is -0.351 e. The van der Waals surface area contributed by atoms with Crippen LogP contribution in [-0.4, -0.2) is 5.97 Å². The number of hydrogen-bond acceptors (Lipinski definition) is 3. The molecule has 0 radical (unpaired) electrons. The van der Waals surface area contributed by atoms with Crippen LogP contribution in [0, 0.1) is 11.5 Å². The summed E-state index contributed by atoms with van der Waals surface area (Å²) in [5.41, 5.74) is 0. The van der Waals surface area contributed by atoms with Crippen molar-refractivity contribution < 1.29 is 9.53 Å². The van der Waals surface area contributed by atoms with Crippen molar-refractivity contribution in [3.63, 3.8) is 0 Å². The van der Waals surface area contributed by atoms with Gasteiger partial charge in [-0.15, -0.1) is 5.26 Å². The SMILES string of the molecule is CC.CC(=O)OC#N. The molecule has 0 rings (SSSR count). The van der Waals surface area contributed by atoms with Gasteiger partial charge < -0.3 is 4.74 Å². The van der Waals surface area contributed by atoms with Crippen molar-refractivity contribution in [1.29, 1.82) is 5.26 Å². The second-order valence-electron chi connectivity index (χ2n) is 0.685. The average molecular weight is 115 g/mol. The molecule has 0 N–H and O–H groups in total. The lowest BCUT2D eigenvalue weighted by Crippen LogP contribution is -1.88. The summed E-state index contributed by atoms with van der Waals surface area (Å²) in [6, 6.07) is 0. The number of rotatable bonds is 0. The van der Waals surface area contributed by atoms with E-state index >= 15 is 0 Å². The monoisotopic (exact) mass is 115 g/mol. The second kappa shape index (κ2) is 9.35. The normalized spacial score (nSPS) is 5.25. The summed E-state index contributed by atoms with van der Waals surface area (Å²) in [7, 11) is 0. The molecule has 0 bridgehead atoms. The molecule has 0 aliphatic heterocycles. The Morgan fingerprint density at radius 1 is 1.62 bits per heavy atom. The third kappa shape index (κ3) is 20.2. The average Bonchev–Trinajstić information content (AvgIpc) is 1.72. The fourth-order valence-corrected chi connectivity index (χ4v) is 0.0643. The van der Waals surface area contributed by atoms with E-state index in [-0.39, 0.29) is 0 Å². The van der Waals surface area contributed by atoms with Gasteiger partial charge in [0.15, 0.2) is 0 Å².